The molecule has 0 radical (unpaired) electrons. The van der Waals surface area contributed by atoms with Crippen molar-refractivity contribution in [1.82, 2.24) is 4.90 Å². The normalized spacial score (nSPS) is 23.6. The lowest BCUT2D eigenvalue weighted by Crippen LogP contribution is -2.55. The van der Waals surface area contributed by atoms with Crippen LogP contribution in [0.3, 0.4) is 0 Å². The standard InChI is InChI=1S/C26H22N2O5/c1-2-13-27-19-11-5-4-10-18(19)26(25(27)31)21-22(29)17-9-3-6-12-20(17)33-23(21)24(30)28(26)15-16-8-7-14-32-16/h2-6,9-12,16H,1,7-8,13-15H2. The molecule has 1 fully saturated rings. The van der Waals surface area contributed by atoms with E-state index in [1.54, 1.807) is 35.2 Å². The molecule has 7 nitrogen and oxygen atoms in total. The van der Waals surface area contributed by atoms with Gasteiger partial charge in [0, 0.05) is 25.3 Å². The van der Waals surface area contributed by atoms with E-state index < -0.39 is 11.4 Å². The molecule has 2 aromatic carbocycles. The summed E-state index contributed by atoms with van der Waals surface area (Å²) >= 11 is 0. The van der Waals surface area contributed by atoms with Crippen molar-refractivity contribution in [2.45, 2.75) is 24.5 Å². The fraction of sp³-hybridized carbons (Fsp3) is 0.269. The van der Waals surface area contributed by atoms with Crippen LogP contribution in [0.4, 0.5) is 5.69 Å². The van der Waals surface area contributed by atoms with Crippen molar-refractivity contribution in [1.29, 1.82) is 0 Å². The van der Waals surface area contributed by atoms with Crippen molar-refractivity contribution < 1.29 is 18.7 Å². The molecule has 7 heteroatoms. The fourth-order valence-corrected chi connectivity index (χ4v) is 5.49. The number of benzene rings is 2. The molecule has 1 aromatic heterocycles. The molecule has 0 saturated carbocycles. The molecule has 0 aliphatic carbocycles. The van der Waals surface area contributed by atoms with Crippen LogP contribution in [0.15, 0.2) is 70.4 Å². The first kappa shape index (κ1) is 19.9. The van der Waals surface area contributed by atoms with Gasteiger partial charge in [-0.15, -0.1) is 6.58 Å². The van der Waals surface area contributed by atoms with Crippen LogP contribution < -0.4 is 10.3 Å². The number of hydrogen-bond donors (Lipinski definition) is 0. The van der Waals surface area contributed by atoms with Gasteiger partial charge in [-0.2, -0.15) is 0 Å². The van der Waals surface area contributed by atoms with Crippen molar-refractivity contribution in [3.63, 3.8) is 0 Å². The average Bonchev–Trinajstić information content (AvgIpc) is 3.49. The topological polar surface area (TPSA) is 80.1 Å². The minimum atomic E-state index is -1.59. The Kier molecular flexibility index (Phi) is 4.32. The van der Waals surface area contributed by atoms with Crippen molar-refractivity contribution >= 4 is 28.5 Å². The third kappa shape index (κ3) is 2.51. The molecule has 0 N–H and O–H groups in total. The predicted molar refractivity (Wildman–Crippen MR) is 122 cm³/mol. The Labute approximate surface area is 189 Å². The van der Waals surface area contributed by atoms with E-state index in [1.165, 1.54) is 4.90 Å². The van der Waals surface area contributed by atoms with Gasteiger partial charge in [-0.05, 0) is 31.0 Å². The summed E-state index contributed by atoms with van der Waals surface area (Å²) in [7, 11) is 0. The number of ether oxygens (including phenoxy) is 1. The van der Waals surface area contributed by atoms with Crippen LogP contribution in [0.25, 0.3) is 11.0 Å². The number of carbonyl (C=O) groups is 2. The molecule has 3 aliphatic rings. The summed E-state index contributed by atoms with van der Waals surface area (Å²) in [6.07, 6.45) is 3.10. The summed E-state index contributed by atoms with van der Waals surface area (Å²) in [4.78, 5) is 45.0. The van der Waals surface area contributed by atoms with Crippen LogP contribution in [0.5, 0.6) is 0 Å². The molecule has 2 atom stereocenters. The average molecular weight is 442 g/mol. The monoisotopic (exact) mass is 442 g/mol. The van der Waals surface area contributed by atoms with Crippen molar-refractivity contribution in [2.24, 2.45) is 0 Å². The number of hydrogen-bond acceptors (Lipinski definition) is 5. The predicted octanol–water partition coefficient (Wildman–Crippen LogP) is 3.20. The molecular formula is C26H22N2O5. The SMILES string of the molecule is C=CCN1C(=O)C2(c3ccccc31)c1c(oc3ccccc3c1=O)C(=O)N2CC1CCCO1. The molecule has 6 rings (SSSR count). The first-order valence-electron chi connectivity index (χ1n) is 11.1. The summed E-state index contributed by atoms with van der Waals surface area (Å²) in [5.41, 5.74) is -0.280. The lowest BCUT2D eigenvalue weighted by atomic mass is 9.83. The highest BCUT2D eigenvalue weighted by atomic mass is 16.5. The van der Waals surface area contributed by atoms with Crippen molar-refractivity contribution in [3.8, 4) is 0 Å². The number of fused-ring (bicyclic) bond motifs is 5. The minimum absolute atomic E-state index is 0.0692. The summed E-state index contributed by atoms with van der Waals surface area (Å²) in [5.74, 6) is -0.886. The first-order chi connectivity index (χ1) is 16.1. The van der Waals surface area contributed by atoms with Crippen LogP contribution in [0.2, 0.25) is 0 Å². The lowest BCUT2D eigenvalue weighted by molar-refractivity contribution is -0.126. The lowest BCUT2D eigenvalue weighted by Gasteiger charge is -2.35. The highest BCUT2D eigenvalue weighted by Gasteiger charge is 2.65. The highest BCUT2D eigenvalue weighted by Crippen LogP contribution is 2.52. The number of para-hydroxylation sites is 2. The van der Waals surface area contributed by atoms with Gasteiger partial charge in [0.2, 0.25) is 5.76 Å². The zero-order valence-corrected chi connectivity index (χ0v) is 18.0. The van der Waals surface area contributed by atoms with E-state index in [2.05, 4.69) is 6.58 Å². The maximum atomic E-state index is 14.2. The number of carbonyl (C=O) groups excluding carboxylic acids is 2. The van der Waals surface area contributed by atoms with Crippen LogP contribution in [-0.4, -0.2) is 42.5 Å². The summed E-state index contributed by atoms with van der Waals surface area (Å²) < 4.78 is 11.8. The molecule has 1 saturated heterocycles. The third-order valence-corrected chi connectivity index (χ3v) is 6.87. The molecule has 2 unspecified atom stereocenters. The summed E-state index contributed by atoms with van der Waals surface area (Å²) in [5, 5.41) is 0.342. The highest BCUT2D eigenvalue weighted by molar-refractivity contribution is 6.17. The van der Waals surface area contributed by atoms with Gasteiger partial charge in [0.05, 0.1) is 22.7 Å². The van der Waals surface area contributed by atoms with Gasteiger partial charge < -0.3 is 19.0 Å². The van der Waals surface area contributed by atoms with Gasteiger partial charge in [0.15, 0.2) is 11.0 Å². The van der Waals surface area contributed by atoms with Crippen molar-refractivity contribution in [2.75, 3.05) is 24.6 Å². The largest absolute Gasteiger partial charge is 0.450 e. The van der Waals surface area contributed by atoms with E-state index in [1.807, 2.05) is 24.3 Å². The molecule has 3 aromatic rings. The Hall–Kier alpha value is -3.71. The van der Waals surface area contributed by atoms with Crippen LogP contribution in [-0.2, 0) is 15.1 Å². The van der Waals surface area contributed by atoms with Gasteiger partial charge >= 0.3 is 0 Å². The number of amides is 2. The number of nitrogens with zero attached hydrogens (tertiary/aromatic N) is 2. The van der Waals surface area contributed by atoms with Crippen molar-refractivity contribution in [3.05, 3.63) is 88.3 Å². The van der Waals surface area contributed by atoms with Crippen LogP contribution in [0.1, 0.15) is 34.5 Å². The van der Waals surface area contributed by atoms with Gasteiger partial charge in [0.25, 0.3) is 11.8 Å². The Morgan fingerprint density at radius 3 is 2.67 bits per heavy atom. The van der Waals surface area contributed by atoms with E-state index in [9.17, 15) is 14.4 Å². The Morgan fingerprint density at radius 1 is 1.09 bits per heavy atom. The summed E-state index contributed by atoms with van der Waals surface area (Å²) in [6, 6.07) is 14.1. The Bertz CT molecular complexity index is 1390. The second kappa shape index (κ2) is 7.15. The molecule has 4 heterocycles. The molecular weight excluding hydrogens is 420 g/mol. The van der Waals surface area contributed by atoms with Gasteiger partial charge in [-0.3, -0.25) is 14.4 Å². The zero-order chi connectivity index (χ0) is 22.7. The van der Waals surface area contributed by atoms with Crippen LogP contribution in [0, 0.1) is 0 Å². The Morgan fingerprint density at radius 2 is 1.88 bits per heavy atom. The van der Waals surface area contributed by atoms with E-state index in [-0.39, 0.29) is 41.9 Å². The molecule has 0 bridgehead atoms. The van der Waals surface area contributed by atoms with E-state index in [0.717, 1.165) is 12.8 Å². The molecule has 33 heavy (non-hydrogen) atoms. The second-order valence-electron chi connectivity index (χ2n) is 8.61. The number of anilines is 1. The first-order valence-corrected chi connectivity index (χ1v) is 11.1. The van der Waals surface area contributed by atoms with Gasteiger partial charge in [-0.1, -0.05) is 36.4 Å². The van der Waals surface area contributed by atoms with Gasteiger partial charge in [0.1, 0.15) is 5.58 Å². The zero-order valence-electron chi connectivity index (χ0n) is 18.0. The molecule has 166 valence electrons. The smallest absolute Gasteiger partial charge is 0.291 e. The van der Waals surface area contributed by atoms with Gasteiger partial charge in [-0.25, -0.2) is 0 Å². The Balaban J connectivity index is 1.69. The van der Waals surface area contributed by atoms with E-state index >= 15 is 0 Å². The van der Waals surface area contributed by atoms with Crippen LogP contribution >= 0.6 is 0 Å². The third-order valence-electron chi connectivity index (χ3n) is 6.87. The summed E-state index contributed by atoms with van der Waals surface area (Å²) in [6.45, 7) is 4.86. The fourth-order valence-electron chi connectivity index (χ4n) is 5.49. The van der Waals surface area contributed by atoms with E-state index in [0.29, 0.717) is 28.8 Å². The second-order valence-corrected chi connectivity index (χ2v) is 8.61. The molecule has 2 amide bonds. The molecule has 3 aliphatic heterocycles. The molecule has 1 spiro atoms. The number of rotatable bonds is 4. The maximum absolute atomic E-state index is 14.2. The minimum Gasteiger partial charge on any atom is -0.450 e. The maximum Gasteiger partial charge on any atom is 0.291 e. The van der Waals surface area contributed by atoms with E-state index in [4.69, 9.17) is 9.15 Å². The quantitative estimate of drug-likeness (QED) is 0.580.